The maximum Gasteiger partial charge on any atom is 0.341 e. The van der Waals surface area contributed by atoms with Crippen molar-refractivity contribution >= 4 is 17.6 Å². The lowest BCUT2D eigenvalue weighted by Gasteiger charge is -2.27. The van der Waals surface area contributed by atoms with Crippen molar-refractivity contribution in [3.8, 4) is 11.4 Å². The van der Waals surface area contributed by atoms with Crippen molar-refractivity contribution in [3.63, 3.8) is 0 Å². The quantitative estimate of drug-likeness (QED) is 0.505. The van der Waals surface area contributed by atoms with Gasteiger partial charge in [-0.1, -0.05) is 0 Å². The van der Waals surface area contributed by atoms with Gasteiger partial charge < -0.3 is 14.4 Å². The molecule has 0 fully saturated rings. The molecule has 3 rings (SSSR count). The fourth-order valence-corrected chi connectivity index (χ4v) is 3.42. The topological polar surface area (TPSA) is 73.7 Å². The third-order valence-corrected chi connectivity index (χ3v) is 5.01. The predicted octanol–water partition coefficient (Wildman–Crippen LogP) is 4.56. The number of nitrogens with zero attached hydrogens (tertiary/aromatic N) is 3. The number of hydrogen-bond acceptors (Lipinski definition) is 5. The number of halogens is 1. The average Bonchev–Trinajstić information content (AvgIpc) is 3.15. The molecule has 32 heavy (non-hydrogen) atoms. The Bertz CT molecular complexity index is 1120. The molecule has 168 valence electrons. The highest BCUT2D eigenvalue weighted by Crippen LogP contribution is 2.27. The maximum atomic E-state index is 14.2. The number of rotatable bonds is 7. The van der Waals surface area contributed by atoms with E-state index in [2.05, 4.69) is 5.10 Å². The maximum absolute atomic E-state index is 14.2. The number of anilines is 1. The summed E-state index contributed by atoms with van der Waals surface area (Å²) >= 11 is 0. The Kier molecular flexibility index (Phi) is 6.92. The van der Waals surface area contributed by atoms with Gasteiger partial charge in [-0.15, -0.1) is 0 Å². The van der Waals surface area contributed by atoms with E-state index in [9.17, 15) is 14.0 Å². The Labute approximate surface area is 186 Å². The molecule has 0 atom stereocenters. The summed E-state index contributed by atoms with van der Waals surface area (Å²) in [5.41, 5.74) is 2.60. The van der Waals surface area contributed by atoms with Gasteiger partial charge in [0.1, 0.15) is 5.56 Å². The van der Waals surface area contributed by atoms with Crippen LogP contribution in [0.1, 0.15) is 47.2 Å². The molecule has 7 nitrogen and oxygen atoms in total. The van der Waals surface area contributed by atoms with Gasteiger partial charge in [0.2, 0.25) is 0 Å². The van der Waals surface area contributed by atoms with Crippen molar-refractivity contribution in [2.75, 3.05) is 18.6 Å². The molecule has 0 saturated heterocycles. The lowest BCUT2D eigenvalue weighted by Crippen LogP contribution is -2.37. The van der Waals surface area contributed by atoms with E-state index in [1.807, 2.05) is 13.8 Å². The van der Waals surface area contributed by atoms with Crippen LogP contribution in [0, 0.1) is 12.7 Å². The third kappa shape index (κ3) is 4.49. The highest BCUT2D eigenvalue weighted by molar-refractivity contribution is 6.06. The van der Waals surface area contributed by atoms with Crippen LogP contribution in [0.3, 0.4) is 0 Å². The van der Waals surface area contributed by atoms with Gasteiger partial charge in [-0.25, -0.2) is 13.9 Å². The van der Waals surface area contributed by atoms with E-state index in [0.29, 0.717) is 28.2 Å². The highest BCUT2D eigenvalue weighted by Gasteiger charge is 2.22. The highest BCUT2D eigenvalue weighted by atomic mass is 19.1. The zero-order valence-electron chi connectivity index (χ0n) is 18.8. The molecule has 2 aromatic carbocycles. The summed E-state index contributed by atoms with van der Waals surface area (Å²) in [5.74, 6) is -1.11. The molecular formula is C24H26FN3O4. The van der Waals surface area contributed by atoms with E-state index >= 15 is 0 Å². The van der Waals surface area contributed by atoms with Crippen LogP contribution < -0.4 is 9.64 Å². The van der Waals surface area contributed by atoms with Gasteiger partial charge in [-0.2, -0.15) is 5.10 Å². The molecule has 0 N–H and O–H groups in total. The van der Waals surface area contributed by atoms with Gasteiger partial charge in [-0.05, 0) is 64.1 Å². The van der Waals surface area contributed by atoms with Crippen LogP contribution in [0.25, 0.3) is 5.69 Å². The lowest BCUT2D eigenvalue weighted by atomic mass is 10.1. The van der Waals surface area contributed by atoms with Crippen molar-refractivity contribution in [1.29, 1.82) is 0 Å². The minimum atomic E-state index is -0.537. The number of methoxy groups -OCH3 is 1. The molecule has 3 aromatic rings. The predicted molar refractivity (Wildman–Crippen MR) is 119 cm³/mol. The van der Waals surface area contributed by atoms with Gasteiger partial charge in [0.05, 0.1) is 31.3 Å². The van der Waals surface area contributed by atoms with Gasteiger partial charge in [0.25, 0.3) is 5.91 Å². The molecule has 1 aromatic heterocycles. The van der Waals surface area contributed by atoms with Crippen LogP contribution in [0.4, 0.5) is 10.1 Å². The normalized spacial score (nSPS) is 10.8. The molecule has 0 aliphatic heterocycles. The number of hydrogen-bond donors (Lipinski definition) is 0. The molecule has 0 aliphatic rings. The molecule has 0 saturated carbocycles. The molecule has 0 unspecified atom stereocenters. The summed E-state index contributed by atoms with van der Waals surface area (Å²) in [6, 6.07) is 11.1. The largest absolute Gasteiger partial charge is 0.494 e. The van der Waals surface area contributed by atoms with E-state index in [4.69, 9.17) is 9.47 Å². The minimum absolute atomic E-state index is 0.117. The van der Waals surface area contributed by atoms with Crippen molar-refractivity contribution in [3.05, 3.63) is 71.3 Å². The zero-order chi connectivity index (χ0) is 23.4. The zero-order valence-corrected chi connectivity index (χ0v) is 18.8. The number of ether oxygens (including phenoxy) is 2. The van der Waals surface area contributed by atoms with Crippen LogP contribution in [0.5, 0.6) is 5.75 Å². The molecule has 1 heterocycles. The molecule has 0 radical (unpaired) electrons. The Hall–Kier alpha value is -3.68. The van der Waals surface area contributed by atoms with E-state index < -0.39 is 11.8 Å². The Balaban J connectivity index is 1.88. The first-order valence-corrected chi connectivity index (χ1v) is 10.3. The lowest BCUT2D eigenvalue weighted by molar-refractivity contribution is 0.0525. The second kappa shape index (κ2) is 9.64. The van der Waals surface area contributed by atoms with E-state index in [0.717, 1.165) is 0 Å². The summed E-state index contributed by atoms with van der Waals surface area (Å²) < 4.78 is 25.8. The molecular weight excluding hydrogens is 413 g/mol. The van der Waals surface area contributed by atoms with E-state index in [1.54, 1.807) is 48.9 Å². The summed E-state index contributed by atoms with van der Waals surface area (Å²) in [6.07, 6.45) is 1.46. The molecule has 1 amide bonds. The van der Waals surface area contributed by atoms with Gasteiger partial charge >= 0.3 is 5.97 Å². The van der Waals surface area contributed by atoms with Crippen LogP contribution in [-0.2, 0) is 4.74 Å². The second-order valence-corrected chi connectivity index (χ2v) is 7.41. The van der Waals surface area contributed by atoms with Gasteiger partial charge in [0, 0.05) is 23.4 Å². The first kappa shape index (κ1) is 23.0. The summed E-state index contributed by atoms with van der Waals surface area (Å²) in [4.78, 5) is 26.8. The van der Waals surface area contributed by atoms with E-state index in [-0.39, 0.29) is 24.3 Å². The fraction of sp³-hybridized carbons (Fsp3) is 0.292. The van der Waals surface area contributed by atoms with Crippen LogP contribution in [0.2, 0.25) is 0 Å². The van der Waals surface area contributed by atoms with Crippen molar-refractivity contribution in [1.82, 2.24) is 9.78 Å². The molecule has 0 spiro atoms. The Morgan fingerprint density at radius 1 is 1.16 bits per heavy atom. The van der Waals surface area contributed by atoms with Crippen LogP contribution in [0.15, 0.2) is 48.7 Å². The SMILES string of the molecule is CCOC(=O)c1cnn(-c2ccc(C(=O)N(c3ccc(OC)c(F)c3)C(C)C)cc2)c1C. The van der Waals surface area contributed by atoms with E-state index in [1.165, 1.54) is 30.3 Å². The number of esters is 1. The molecule has 0 bridgehead atoms. The van der Waals surface area contributed by atoms with Gasteiger partial charge in [0.15, 0.2) is 11.6 Å². The average molecular weight is 439 g/mol. The number of amides is 1. The monoisotopic (exact) mass is 439 g/mol. The first-order valence-electron chi connectivity index (χ1n) is 10.3. The standard InChI is InChI=1S/C24H26FN3O4/c1-6-32-24(30)20-14-26-28(16(20)4)18-9-7-17(8-10-18)23(29)27(15(2)3)19-11-12-22(31-5)21(25)13-19/h7-15H,6H2,1-5H3. The smallest absolute Gasteiger partial charge is 0.341 e. The fourth-order valence-electron chi connectivity index (χ4n) is 3.42. The second-order valence-electron chi connectivity index (χ2n) is 7.41. The summed E-state index contributed by atoms with van der Waals surface area (Å²) in [7, 11) is 1.39. The summed E-state index contributed by atoms with van der Waals surface area (Å²) in [6.45, 7) is 7.52. The van der Waals surface area contributed by atoms with Crippen molar-refractivity contribution in [2.24, 2.45) is 0 Å². The number of carbonyl (C=O) groups is 2. The van der Waals surface area contributed by atoms with Crippen molar-refractivity contribution < 1.29 is 23.5 Å². The molecule has 0 aliphatic carbocycles. The summed E-state index contributed by atoms with van der Waals surface area (Å²) in [5, 5.41) is 4.27. The third-order valence-electron chi connectivity index (χ3n) is 5.01. The number of carbonyl (C=O) groups excluding carboxylic acids is 2. The van der Waals surface area contributed by atoms with Crippen molar-refractivity contribution in [2.45, 2.75) is 33.7 Å². The van der Waals surface area contributed by atoms with Crippen LogP contribution in [-0.4, -0.2) is 41.4 Å². The molecule has 8 heteroatoms. The van der Waals surface area contributed by atoms with Crippen LogP contribution >= 0.6 is 0 Å². The minimum Gasteiger partial charge on any atom is -0.494 e. The Morgan fingerprint density at radius 3 is 2.41 bits per heavy atom. The number of aromatic nitrogens is 2. The number of benzene rings is 2. The van der Waals surface area contributed by atoms with Gasteiger partial charge in [-0.3, -0.25) is 4.79 Å². The first-order chi connectivity index (χ1) is 15.3. The Morgan fingerprint density at radius 2 is 1.84 bits per heavy atom.